The van der Waals surface area contributed by atoms with Gasteiger partial charge in [-0.2, -0.15) is 0 Å². The maximum Gasteiger partial charge on any atom is 0.118 e. The molecule has 0 saturated carbocycles. The third kappa shape index (κ3) is 6.32. The highest BCUT2D eigenvalue weighted by atomic mass is 16.5. The van der Waals surface area contributed by atoms with E-state index in [1.165, 1.54) is 22.3 Å². The highest BCUT2D eigenvalue weighted by Crippen LogP contribution is 2.19. The molecular formula is C23H31NO2. The van der Waals surface area contributed by atoms with Crippen LogP contribution in [0.3, 0.4) is 0 Å². The highest BCUT2D eigenvalue weighted by molar-refractivity contribution is 5.30. The summed E-state index contributed by atoms with van der Waals surface area (Å²) in [7, 11) is 3.45. The van der Waals surface area contributed by atoms with Crippen LogP contribution >= 0.6 is 0 Å². The predicted octanol–water partition coefficient (Wildman–Crippen LogP) is 4.77. The normalized spacial score (nSPS) is 13.2. The minimum absolute atomic E-state index is 0.292. The number of hydrogen-bond acceptors (Lipinski definition) is 3. The lowest BCUT2D eigenvalue weighted by molar-refractivity contribution is 0.202. The van der Waals surface area contributed by atoms with Crippen molar-refractivity contribution in [1.29, 1.82) is 0 Å². The van der Waals surface area contributed by atoms with Crippen molar-refractivity contribution in [3.8, 4) is 5.75 Å². The predicted molar refractivity (Wildman–Crippen MR) is 109 cm³/mol. The lowest BCUT2D eigenvalue weighted by Crippen LogP contribution is -2.32. The average molecular weight is 354 g/mol. The number of methoxy groups -OCH3 is 2. The fourth-order valence-corrected chi connectivity index (χ4v) is 2.96. The van der Waals surface area contributed by atoms with Gasteiger partial charge >= 0.3 is 0 Å². The average Bonchev–Trinajstić information content (AvgIpc) is 2.70. The Balaban J connectivity index is 2.13. The Morgan fingerprint density at radius 3 is 2.23 bits per heavy atom. The summed E-state index contributed by atoms with van der Waals surface area (Å²) in [6, 6.07) is 19.2. The smallest absolute Gasteiger partial charge is 0.118 e. The van der Waals surface area contributed by atoms with E-state index in [4.69, 9.17) is 9.47 Å². The van der Waals surface area contributed by atoms with Gasteiger partial charge in [0.15, 0.2) is 0 Å². The number of ether oxygens (including phenoxy) is 2. The Hall–Kier alpha value is -2.10. The summed E-state index contributed by atoms with van der Waals surface area (Å²) in [5, 5.41) is 3.74. The van der Waals surface area contributed by atoms with E-state index in [9.17, 15) is 0 Å². The number of hydrogen-bond donors (Lipinski definition) is 1. The summed E-state index contributed by atoms with van der Waals surface area (Å²) < 4.78 is 10.5. The first-order valence-electron chi connectivity index (χ1n) is 9.19. The molecule has 0 spiro atoms. The van der Waals surface area contributed by atoms with Crippen LogP contribution in [0.2, 0.25) is 0 Å². The van der Waals surface area contributed by atoms with E-state index in [2.05, 4.69) is 61.6 Å². The van der Waals surface area contributed by atoms with Crippen LogP contribution in [0.4, 0.5) is 0 Å². The van der Waals surface area contributed by atoms with Crippen LogP contribution in [0, 0.1) is 0 Å². The molecule has 1 unspecified atom stereocenters. The molecule has 0 bridgehead atoms. The number of benzene rings is 2. The zero-order chi connectivity index (χ0) is 18.8. The Morgan fingerprint density at radius 1 is 0.923 bits per heavy atom. The Morgan fingerprint density at radius 2 is 1.62 bits per heavy atom. The van der Waals surface area contributed by atoms with E-state index in [0.717, 1.165) is 31.7 Å². The first kappa shape index (κ1) is 20.2. The monoisotopic (exact) mass is 353 g/mol. The molecule has 0 aromatic heterocycles. The molecule has 2 aromatic rings. The van der Waals surface area contributed by atoms with Gasteiger partial charge in [-0.15, -0.1) is 0 Å². The largest absolute Gasteiger partial charge is 0.497 e. The molecule has 0 fully saturated rings. The van der Waals surface area contributed by atoms with Crippen LogP contribution in [-0.2, 0) is 17.7 Å². The van der Waals surface area contributed by atoms with Crippen LogP contribution in [-0.4, -0.2) is 26.9 Å². The van der Waals surface area contributed by atoms with Crippen molar-refractivity contribution in [2.24, 2.45) is 0 Å². The SMILES string of the molecule is COCCC(C)=C(C)C(Cc1ccc(OC)cc1)NCc1ccccc1. The third-order valence-electron chi connectivity index (χ3n) is 4.87. The number of nitrogens with one attached hydrogen (secondary N) is 1. The van der Waals surface area contributed by atoms with Crippen molar-refractivity contribution in [2.75, 3.05) is 20.8 Å². The molecule has 0 aliphatic rings. The van der Waals surface area contributed by atoms with E-state index in [1.54, 1.807) is 14.2 Å². The zero-order valence-electron chi connectivity index (χ0n) is 16.4. The van der Waals surface area contributed by atoms with Crippen molar-refractivity contribution in [1.82, 2.24) is 5.32 Å². The molecule has 0 heterocycles. The quantitative estimate of drug-likeness (QED) is 0.624. The molecule has 2 rings (SSSR count). The molecular weight excluding hydrogens is 322 g/mol. The number of rotatable bonds is 10. The molecule has 140 valence electrons. The lowest BCUT2D eigenvalue weighted by Gasteiger charge is -2.23. The second-order valence-electron chi connectivity index (χ2n) is 6.68. The standard InChI is InChI=1S/C23H31NO2/c1-18(14-15-25-3)19(2)23(24-17-21-8-6-5-7-9-21)16-20-10-12-22(26-4)13-11-20/h5-13,23-24H,14-17H2,1-4H3. The fourth-order valence-electron chi connectivity index (χ4n) is 2.96. The van der Waals surface area contributed by atoms with E-state index < -0.39 is 0 Å². The Kier molecular flexibility index (Phi) is 8.39. The maximum absolute atomic E-state index is 5.27. The van der Waals surface area contributed by atoms with Crippen LogP contribution in [0.5, 0.6) is 5.75 Å². The summed E-state index contributed by atoms with van der Waals surface area (Å²) in [5.74, 6) is 0.895. The van der Waals surface area contributed by atoms with E-state index in [0.29, 0.717) is 6.04 Å². The lowest BCUT2D eigenvalue weighted by atomic mass is 9.95. The van der Waals surface area contributed by atoms with Crippen molar-refractivity contribution in [3.05, 3.63) is 76.9 Å². The van der Waals surface area contributed by atoms with E-state index in [-0.39, 0.29) is 0 Å². The van der Waals surface area contributed by atoms with Gasteiger partial charge in [0.25, 0.3) is 0 Å². The maximum atomic E-state index is 5.27. The van der Waals surface area contributed by atoms with E-state index in [1.807, 2.05) is 12.1 Å². The van der Waals surface area contributed by atoms with Gasteiger partial charge in [-0.3, -0.25) is 0 Å². The van der Waals surface area contributed by atoms with Crippen LogP contribution in [0.25, 0.3) is 0 Å². The molecule has 26 heavy (non-hydrogen) atoms. The van der Waals surface area contributed by atoms with Crippen LogP contribution < -0.4 is 10.1 Å². The highest BCUT2D eigenvalue weighted by Gasteiger charge is 2.14. The van der Waals surface area contributed by atoms with Crippen LogP contribution in [0.1, 0.15) is 31.4 Å². The van der Waals surface area contributed by atoms with Gasteiger partial charge in [-0.05, 0) is 49.9 Å². The zero-order valence-corrected chi connectivity index (χ0v) is 16.4. The molecule has 0 amide bonds. The molecule has 2 aromatic carbocycles. The molecule has 1 N–H and O–H groups in total. The molecule has 3 nitrogen and oxygen atoms in total. The molecule has 3 heteroatoms. The molecule has 0 aliphatic carbocycles. The molecule has 0 aliphatic heterocycles. The summed E-state index contributed by atoms with van der Waals surface area (Å²) in [6.45, 7) is 6.06. The van der Waals surface area contributed by atoms with Gasteiger partial charge < -0.3 is 14.8 Å². The third-order valence-corrected chi connectivity index (χ3v) is 4.87. The molecule has 0 radical (unpaired) electrons. The fraction of sp³-hybridized carbons (Fsp3) is 0.391. The molecule has 1 atom stereocenters. The first-order valence-corrected chi connectivity index (χ1v) is 9.19. The second kappa shape index (κ2) is 10.8. The Labute approximate surface area is 158 Å². The van der Waals surface area contributed by atoms with Gasteiger partial charge in [0, 0.05) is 26.3 Å². The minimum atomic E-state index is 0.292. The van der Waals surface area contributed by atoms with Gasteiger partial charge in [0.2, 0.25) is 0 Å². The summed E-state index contributed by atoms with van der Waals surface area (Å²) in [5.41, 5.74) is 5.39. The van der Waals surface area contributed by atoms with Crippen molar-refractivity contribution in [3.63, 3.8) is 0 Å². The minimum Gasteiger partial charge on any atom is -0.497 e. The van der Waals surface area contributed by atoms with Crippen LogP contribution in [0.15, 0.2) is 65.7 Å². The molecule has 0 saturated heterocycles. The van der Waals surface area contributed by atoms with E-state index >= 15 is 0 Å². The summed E-state index contributed by atoms with van der Waals surface area (Å²) in [6.07, 6.45) is 1.92. The summed E-state index contributed by atoms with van der Waals surface area (Å²) >= 11 is 0. The van der Waals surface area contributed by atoms with Crippen molar-refractivity contribution in [2.45, 2.75) is 39.3 Å². The van der Waals surface area contributed by atoms with Gasteiger partial charge in [-0.25, -0.2) is 0 Å². The van der Waals surface area contributed by atoms with Gasteiger partial charge in [0.1, 0.15) is 5.75 Å². The van der Waals surface area contributed by atoms with Gasteiger partial charge in [0.05, 0.1) is 7.11 Å². The Bertz CT molecular complexity index is 677. The van der Waals surface area contributed by atoms with Crippen molar-refractivity contribution < 1.29 is 9.47 Å². The summed E-state index contributed by atoms with van der Waals surface area (Å²) in [4.78, 5) is 0. The van der Waals surface area contributed by atoms with Crippen molar-refractivity contribution >= 4 is 0 Å². The van der Waals surface area contributed by atoms with Gasteiger partial charge in [-0.1, -0.05) is 53.6 Å². The topological polar surface area (TPSA) is 30.5 Å². The first-order chi connectivity index (χ1) is 12.6. The second-order valence-corrected chi connectivity index (χ2v) is 6.68.